The van der Waals surface area contributed by atoms with E-state index < -0.39 is 5.38 Å². The third-order valence-electron chi connectivity index (χ3n) is 1.56. The van der Waals surface area contributed by atoms with Gasteiger partial charge in [-0.3, -0.25) is 4.79 Å². The van der Waals surface area contributed by atoms with E-state index in [4.69, 9.17) is 11.6 Å². The van der Waals surface area contributed by atoms with Crippen LogP contribution in [0, 0.1) is 0 Å². The molecule has 0 rings (SSSR count). The summed E-state index contributed by atoms with van der Waals surface area (Å²) in [5.41, 5.74) is 0. The van der Waals surface area contributed by atoms with Crippen LogP contribution >= 0.6 is 11.6 Å². The molecule has 0 saturated heterocycles. The van der Waals surface area contributed by atoms with Crippen LogP contribution in [0.5, 0.6) is 0 Å². The van der Waals surface area contributed by atoms with E-state index in [2.05, 4.69) is 6.92 Å². The van der Waals surface area contributed by atoms with Gasteiger partial charge in [-0.15, -0.1) is 11.6 Å². The van der Waals surface area contributed by atoms with Crippen LogP contribution in [-0.4, -0.2) is 29.8 Å². The second-order valence-electron chi connectivity index (χ2n) is 2.73. The van der Waals surface area contributed by atoms with Crippen LogP contribution in [0.25, 0.3) is 0 Å². The van der Waals surface area contributed by atoms with Gasteiger partial charge in [-0.25, -0.2) is 0 Å². The summed E-state index contributed by atoms with van der Waals surface area (Å²) >= 11 is 5.61. The molecule has 0 aliphatic carbocycles. The third-order valence-corrected chi connectivity index (χ3v) is 1.75. The molecule has 0 aromatic carbocycles. The van der Waals surface area contributed by atoms with Crippen molar-refractivity contribution in [3.63, 3.8) is 0 Å². The van der Waals surface area contributed by atoms with Crippen molar-refractivity contribution in [1.82, 2.24) is 4.90 Å². The minimum atomic E-state index is -0.392. The maximum atomic E-state index is 11.1. The number of hydrogen-bond donors (Lipinski definition) is 0. The Balaban J connectivity index is 3.64. The Morgan fingerprint density at radius 1 is 1.64 bits per heavy atom. The van der Waals surface area contributed by atoms with Gasteiger partial charge in [0.05, 0.1) is 0 Å². The first kappa shape index (κ1) is 10.8. The summed E-state index contributed by atoms with van der Waals surface area (Å²) in [6.45, 7) is 4.61. The molecule has 0 bridgehead atoms. The second-order valence-corrected chi connectivity index (χ2v) is 3.38. The average molecular weight is 178 g/mol. The maximum absolute atomic E-state index is 11.1. The number of rotatable bonds is 4. The lowest BCUT2D eigenvalue weighted by Crippen LogP contribution is -2.32. The van der Waals surface area contributed by atoms with Crippen molar-refractivity contribution < 1.29 is 4.79 Å². The molecule has 0 aromatic heterocycles. The fraction of sp³-hybridized carbons (Fsp3) is 0.875. The lowest BCUT2D eigenvalue weighted by Gasteiger charge is -2.17. The number of carbonyl (C=O) groups excluding carboxylic acids is 1. The van der Waals surface area contributed by atoms with Crippen LogP contribution < -0.4 is 0 Å². The van der Waals surface area contributed by atoms with Crippen molar-refractivity contribution in [3.05, 3.63) is 0 Å². The number of unbranched alkanes of at least 4 members (excludes halogenated alkanes) is 1. The van der Waals surface area contributed by atoms with E-state index in [1.807, 2.05) is 0 Å². The summed E-state index contributed by atoms with van der Waals surface area (Å²) in [5.74, 6) is 0.0140. The van der Waals surface area contributed by atoms with Crippen molar-refractivity contribution >= 4 is 17.5 Å². The van der Waals surface area contributed by atoms with E-state index in [0.29, 0.717) is 0 Å². The van der Waals surface area contributed by atoms with Gasteiger partial charge in [0, 0.05) is 13.6 Å². The fourth-order valence-corrected chi connectivity index (χ4v) is 0.976. The predicted octanol–water partition coefficient (Wildman–Crippen LogP) is 1.87. The van der Waals surface area contributed by atoms with Crippen LogP contribution in [0.3, 0.4) is 0 Å². The van der Waals surface area contributed by atoms with Crippen LogP contribution in [-0.2, 0) is 4.79 Å². The van der Waals surface area contributed by atoms with Gasteiger partial charge in [0.15, 0.2) is 0 Å². The molecular weight excluding hydrogens is 162 g/mol. The summed E-state index contributed by atoms with van der Waals surface area (Å²) in [6, 6.07) is 0. The van der Waals surface area contributed by atoms with E-state index in [0.717, 1.165) is 19.4 Å². The first-order chi connectivity index (χ1) is 5.09. The molecule has 0 spiro atoms. The van der Waals surface area contributed by atoms with E-state index in [-0.39, 0.29) is 5.91 Å². The molecule has 66 valence electrons. The number of hydrogen-bond acceptors (Lipinski definition) is 1. The highest BCUT2D eigenvalue weighted by Crippen LogP contribution is 2.00. The molecule has 0 aromatic rings. The molecule has 0 aliphatic rings. The Hall–Kier alpha value is -0.240. The lowest BCUT2D eigenvalue weighted by molar-refractivity contribution is -0.129. The van der Waals surface area contributed by atoms with Gasteiger partial charge in [-0.1, -0.05) is 13.3 Å². The lowest BCUT2D eigenvalue weighted by atomic mass is 10.3. The van der Waals surface area contributed by atoms with Crippen molar-refractivity contribution in [3.8, 4) is 0 Å². The van der Waals surface area contributed by atoms with Crippen molar-refractivity contribution in [2.24, 2.45) is 0 Å². The normalized spacial score (nSPS) is 12.7. The molecule has 0 N–H and O–H groups in total. The molecule has 3 heteroatoms. The molecule has 0 saturated carbocycles. The largest absolute Gasteiger partial charge is 0.344 e. The topological polar surface area (TPSA) is 20.3 Å². The molecule has 0 fully saturated rings. The van der Waals surface area contributed by atoms with Gasteiger partial charge in [-0.2, -0.15) is 0 Å². The Bertz CT molecular complexity index is 125. The monoisotopic (exact) mass is 177 g/mol. The molecule has 11 heavy (non-hydrogen) atoms. The zero-order chi connectivity index (χ0) is 8.85. The quantitative estimate of drug-likeness (QED) is 0.601. The zero-order valence-electron chi connectivity index (χ0n) is 7.43. The third kappa shape index (κ3) is 4.25. The highest BCUT2D eigenvalue weighted by atomic mass is 35.5. The standard InChI is InChI=1S/C8H16ClNO/c1-4-5-6-10(3)8(11)7(2)9/h7H,4-6H2,1-3H3. The number of nitrogens with zero attached hydrogens (tertiary/aromatic N) is 1. The average Bonchev–Trinajstić information content (AvgIpc) is 1.98. The van der Waals surface area contributed by atoms with Gasteiger partial charge < -0.3 is 4.90 Å². The Morgan fingerprint density at radius 2 is 2.18 bits per heavy atom. The number of alkyl halides is 1. The molecule has 1 amide bonds. The van der Waals surface area contributed by atoms with Crippen molar-refractivity contribution in [1.29, 1.82) is 0 Å². The SMILES string of the molecule is CCCCN(C)C(=O)C(C)Cl. The van der Waals surface area contributed by atoms with E-state index in [1.165, 1.54) is 0 Å². The van der Waals surface area contributed by atoms with Crippen LogP contribution in [0.4, 0.5) is 0 Å². The van der Waals surface area contributed by atoms with Crippen molar-refractivity contribution in [2.45, 2.75) is 32.1 Å². The minimum Gasteiger partial charge on any atom is -0.344 e. The molecule has 0 aliphatic heterocycles. The Labute approximate surface area is 73.5 Å². The van der Waals surface area contributed by atoms with E-state index >= 15 is 0 Å². The Kier molecular flexibility index (Phi) is 5.30. The van der Waals surface area contributed by atoms with Crippen molar-refractivity contribution in [2.75, 3.05) is 13.6 Å². The zero-order valence-corrected chi connectivity index (χ0v) is 8.19. The fourth-order valence-electron chi connectivity index (χ4n) is 0.809. The number of amides is 1. The predicted molar refractivity (Wildman–Crippen MR) is 47.9 cm³/mol. The van der Waals surface area contributed by atoms with Crippen LogP contribution in [0.2, 0.25) is 0 Å². The molecular formula is C8H16ClNO. The molecule has 0 radical (unpaired) electrons. The molecule has 1 unspecified atom stereocenters. The van der Waals surface area contributed by atoms with Gasteiger partial charge >= 0.3 is 0 Å². The summed E-state index contributed by atoms with van der Waals surface area (Å²) in [6.07, 6.45) is 2.15. The number of halogens is 1. The number of carbonyl (C=O) groups is 1. The molecule has 0 heterocycles. The molecule has 1 atom stereocenters. The molecule has 2 nitrogen and oxygen atoms in total. The van der Waals surface area contributed by atoms with E-state index in [1.54, 1.807) is 18.9 Å². The maximum Gasteiger partial charge on any atom is 0.240 e. The first-order valence-corrected chi connectivity index (χ1v) is 4.42. The summed E-state index contributed by atoms with van der Waals surface area (Å²) in [7, 11) is 1.79. The van der Waals surface area contributed by atoms with E-state index in [9.17, 15) is 4.79 Å². The highest BCUT2D eigenvalue weighted by Gasteiger charge is 2.13. The Morgan fingerprint density at radius 3 is 2.55 bits per heavy atom. The van der Waals surface area contributed by atoms with Gasteiger partial charge in [0.25, 0.3) is 0 Å². The second kappa shape index (κ2) is 5.42. The van der Waals surface area contributed by atoms with Crippen LogP contribution in [0.1, 0.15) is 26.7 Å². The summed E-state index contributed by atoms with van der Waals surface area (Å²) in [5, 5.41) is -0.392. The van der Waals surface area contributed by atoms with Gasteiger partial charge in [0.2, 0.25) is 5.91 Å². The summed E-state index contributed by atoms with van der Waals surface area (Å²) < 4.78 is 0. The minimum absolute atomic E-state index is 0.0140. The van der Waals surface area contributed by atoms with Crippen LogP contribution in [0.15, 0.2) is 0 Å². The highest BCUT2D eigenvalue weighted by molar-refractivity contribution is 6.30. The smallest absolute Gasteiger partial charge is 0.240 e. The summed E-state index contributed by atoms with van der Waals surface area (Å²) in [4.78, 5) is 12.8. The first-order valence-electron chi connectivity index (χ1n) is 3.98. The van der Waals surface area contributed by atoms with Gasteiger partial charge in [-0.05, 0) is 13.3 Å². The van der Waals surface area contributed by atoms with Gasteiger partial charge in [0.1, 0.15) is 5.38 Å².